The molecule has 2 aliphatic heterocycles. The zero-order chi connectivity index (χ0) is 18.6. The second kappa shape index (κ2) is 8.13. The molecule has 0 aromatic heterocycles. The van der Waals surface area contributed by atoms with E-state index in [0.717, 1.165) is 0 Å². The SMILES string of the molecule is CCOC(=O)C(=CN[C@@H]1O[C@H](CO)[C@H]2OC(C)(C)O[C@H]21)C(=O)OCC. The van der Waals surface area contributed by atoms with Crippen molar-refractivity contribution in [3.63, 3.8) is 0 Å². The van der Waals surface area contributed by atoms with Gasteiger partial charge in [-0.15, -0.1) is 0 Å². The van der Waals surface area contributed by atoms with E-state index < -0.39 is 42.3 Å². The first-order valence-electron chi connectivity index (χ1n) is 8.25. The standard InChI is InChI=1S/C16H25NO8/c1-5-21-14(19)9(15(20)22-6-2)7-17-13-12-11(10(8-18)23-13)24-16(3,4)25-12/h7,10-13,17-18H,5-6,8H2,1-4H3/t10-,11-,12-,13-/m1/s1. The summed E-state index contributed by atoms with van der Waals surface area (Å²) in [6.07, 6.45) is -1.06. The maximum absolute atomic E-state index is 11.9. The Labute approximate surface area is 146 Å². The Morgan fingerprint density at radius 1 is 1.12 bits per heavy atom. The number of aliphatic hydroxyl groups is 1. The van der Waals surface area contributed by atoms with Gasteiger partial charge in [-0.05, 0) is 27.7 Å². The second-order valence-corrected chi connectivity index (χ2v) is 6.01. The Morgan fingerprint density at radius 2 is 1.68 bits per heavy atom. The Kier molecular flexibility index (Phi) is 6.39. The van der Waals surface area contributed by atoms with Crippen molar-refractivity contribution >= 4 is 11.9 Å². The van der Waals surface area contributed by atoms with E-state index in [1.165, 1.54) is 6.20 Å². The first-order valence-corrected chi connectivity index (χ1v) is 8.25. The quantitative estimate of drug-likeness (QED) is 0.277. The minimum atomic E-state index is -0.818. The average Bonchev–Trinajstić information content (AvgIpc) is 3.01. The van der Waals surface area contributed by atoms with E-state index in [0.29, 0.717) is 0 Å². The normalized spacial score (nSPS) is 29.6. The molecule has 0 aliphatic carbocycles. The fourth-order valence-corrected chi connectivity index (χ4v) is 2.75. The van der Waals surface area contributed by atoms with Crippen molar-refractivity contribution in [2.75, 3.05) is 19.8 Å². The Hall–Kier alpha value is -1.68. The molecule has 25 heavy (non-hydrogen) atoms. The molecule has 9 heteroatoms. The van der Waals surface area contributed by atoms with Gasteiger partial charge in [0.25, 0.3) is 0 Å². The third-order valence-corrected chi connectivity index (χ3v) is 3.71. The van der Waals surface area contributed by atoms with Crippen molar-refractivity contribution in [2.45, 2.75) is 58.0 Å². The molecule has 4 atom stereocenters. The molecule has 0 aromatic carbocycles. The number of esters is 2. The van der Waals surface area contributed by atoms with Crippen LogP contribution in [0.4, 0.5) is 0 Å². The van der Waals surface area contributed by atoms with Gasteiger partial charge in [-0.25, -0.2) is 9.59 Å². The van der Waals surface area contributed by atoms with Crippen LogP contribution in [-0.4, -0.2) is 67.2 Å². The summed E-state index contributed by atoms with van der Waals surface area (Å²) in [4.78, 5) is 23.9. The van der Waals surface area contributed by atoms with Crippen LogP contribution < -0.4 is 5.32 Å². The zero-order valence-corrected chi connectivity index (χ0v) is 14.8. The lowest BCUT2D eigenvalue weighted by atomic mass is 10.1. The van der Waals surface area contributed by atoms with Gasteiger partial charge in [0.2, 0.25) is 0 Å². The molecule has 0 aromatic rings. The maximum Gasteiger partial charge on any atom is 0.347 e. The van der Waals surface area contributed by atoms with Crippen LogP contribution in [0.25, 0.3) is 0 Å². The van der Waals surface area contributed by atoms with E-state index in [9.17, 15) is 14.7 Å². The number of fused-ring (bicyclic) bond motifs is 1. The van der Waals surface area contributed by atoms with Crippen molar-refractivity contribution in [3.8, 4) is 0 Å². The lowest BCUT2D eigenvalue weighted by molar-refractivity contribution is -0.192. The molecule has 0 amide bonds. The molecule has 2 fully saturated rings. The molecule has 0 spiro atoms. The summed E-state index contributed by atoms with van der Waals surface area (Å²) in [6, 6.07) is 0. The molecule has 0 bridgehead atoms. The van der Waals surface area contributed by atoms with Crippen LogP contribution in [0.15, 0.2) is 11.8 Å². The van der Waals surface area contributed by atoms with E-state index >= 15 is 0 Å². The highest BCUT2D eigenvalue weighted by molar-refractivity contribution is 6.13. The lowest BCUT2D eigenvalue weighted by Crippen LogP contribution is -2.39. The molecular formula is C16H25NO8. The van der Waals surface area contributed by atoms with Gasteiger partial charge in [0.05, 0.1) is 19.8 Å². The molecular weight excluding hydrogens is 334 g/mol. The van der Waals surface area contributed by atoms with Crippen LogP contribution in [0.3, 0.4) is 0 Å². The fourth-order valence-electron chi connectivity index (χ4n) is 2.75. The molecule has 0 saturated carbocycles. The number of hydrogen-bond donors (Lipinski definition) is 2. The summed E-state index contributed by atoms with van der Waals surface area (Å²) in [5.41, 5.74) is -0.283. The summed E-state index contributed by atoms with van der Waals surface area (Å²) < 4.78 is 26.9. The molecule has 0 radical (unpaired) electrons. The molecule has 142 valence electrons. The third-order valence-electron chi connectivity index (χ3n) is 3.71. The van der Waals surface area contributed by atoms with E-state index in [2.05, 4.69) is 5.32 Å². The van der Waals surface area contributed by atoms with Crippen LogP contribution in [0.5, 0.6) is 0 Å². The molecule has 2 heterocycles. The van der Waals surface area contributed by atoms with Gasteiger partial charge in [0, 0.05) is 6.20 Å². The zero-order valence-electron chi connectivity index (χ0n) is 14.8. The second-order valence-electron chi connectivity index (χ2n) is 6.01. The highest BCUT2D eigenvalue weighted by Crippen LogP contribution is 2.37. The Bertz CT molecular complexity index is 512. The number of carbonyl (C=O) groups excluding carboxylic acids is 2. The summed E-state index contributed by atoms with van der Waals surface area (Å²) in [6.45, 7) is 6.79. The van der Waals surface area contributed by atoms with Crippen LogP contribution in [0.1, 0.15) is 27.7 Å². The van der Waals surface area contributed by atoms with Crippen LogP contribution in [0, 0.1) is 0 Å². The highest BCUT2D eigenvalue weighted by atomic mass is 16.8. The highest BCUT2D eigenvalue weighted by Gasteiger charge is 2.54. The van der Waals surface area contributed by atoms with Crippen molar-refractivity contribution in [3.05, 3.63) is 11.8 Å². The van der Waals surface area contributed by atoms with Crippen LogP contribution >= 0.6 is 0 Å². The maximum atomic E-state index is 11.9. The topological polar surface area (TPSA) is 113 Å². The molecule has 2 rings (SSSR count). The largest absolute Gasteiger partial charge is 0.462 e. The van der Waals surface area contributed by atoms with Crippen molar-refractivity contribution < 1.29 is 38.4 Å². The van der Waals surface area contributed by atoms with E-state index in [4.69, 9.17) is 23.7 Å². The first-order chi connectivity index (χ1) is 11.8. The van der Waals surface area contributed by atoms with Gasteiger partial charge in [-0.1, -0.05) is 0 Å². The van der Waals surface area contributed by atoms with Crippen LogP contribution in [0.2, 0.25) is 0 Å². The number of hydrogen-bond acceptors (Lipinski definition) is 9. The number of carbonyl (C=O) groups is 2. The monoisotopic (exact) mass is 359 g/mol. The summed E-state index contributed by atoms with van der Waals surface area (Å²) in [7, 11) is 0. The molecule has 9 nitrogen and oxygen atoms in total. The van der Waals surface area contributed by atoms with Crippen molar-refractivity contribution in [2.24, 2.45) is 0 Å². The molecule has 2 N–H and O–H groups in total. The smallest absolute Gasteiger partial charge is 0.347 e. The van der Waals surface area contributed by atoms with Crippen molar-refractivity contribution in [1.29, 1.82) is 0 Å². The van der Waals surface area contributed by atoms with Crippen LogP contribution in [-0.2, 0) is 33.3 Å². The lowest BCUT2D eigenvalue weighted by Gasteiger charge is -2.23. The van der Waals surface area contributed by atoms with Gasteiger partial charge in [0.15, 0.2) is 17.6 Å². The Morgan fingerprint density at radius 3 is 2.20 bits per heavy atom. The van der Waals surface area contributed by atoms with Gasteiger partial charge < -0.3 is 34.1 Å². The minimum absolute atomic E-state index is 0.123. The number of rotatable bonds is 7. The summed E-state index contributed by atoms with van der Waals surface area (Å²) in [5.74, 6) is -2.42. The van der Waals surface area contributed by atoms with E-state index in [-0.39, 0.29) is 25.4 Å². The predicted octanol–water partition coefficient (Wildman–Crippen LogP) is -0.177. The average molecular weight is 359 g/mol. The van der Waals surface area contributed by atoms with Gasteiger partial charge in [0.1, 0.15) is 18.3 Å². The molecule has 2 aliphatic rings. The summed E-state index contributed by atoms with van der Waals surface area (Å²) >= 11 is 0. The molecule has 0 unspecified atom stereocenters. The number of aliphatic hydroxyl groups excluding tert-OH is 1. The predicted molar refractivity (Wildman–Crippen MR) is 84.1 cm³/mol. The first kappa shape index (κ1) is 19.6. The summed E-state index contributed by atoms with van der Waals surface area (Å²) in [5, 5.41) is 12.3. The van der Waals surface area contributed by atoms with Gasteiger partial charge in [-0.3, -0.25) is 0 Å². The Balaban J connectivity index is 2.13. The number of ether oxygens (including phenoxy) is 5. The van der Waals surface area contributed by atoms with E-state index in [1.54, 1.807) is 27.7 Å². The minimum Gasteiger partial charge on any atom is -0.462 e. The number of nitrogens with one attached hydrogen (secondary N) is 1. The molecule has 2 saturated heterocycles. The third kappa shape index (κ3) is 4.49. The van der Waals surface area contributed by atoms with Gasteiger partial charge in [-0.2, -0.15) is 0 Å². The van der Waals surface area contributed by atoms with Crippen molar-refractivity contribution in [1.82, 2.24) is 5.32 Å². The fraction of sp³-hybridized carbons (Fsp3) is 0.750. The van der Waals surface area contributed by atoms with E-state index in [1.807, 2.05) is 0 Å². The van der Waals surface area contributed by atoms with Gasteiger partial charge >= 0.3 is 11.9 Å².